The van der Waals surface area contributed by atoms with Crippen LogP contribution in [-0.2, 0) is 4.79 Å². The monoisotopic (exact) mass is 325 g/mol. The number of halogens is 1. The van der Waals surface area contributed by atoms with Crippen molar-refractivity contribution in [1.29, 1.82) is 0 Å². The van der Waals surface area contributed by atoms with Crippen LogP contribution in [0.2, 0.25) is 0 Å². The number of carbonyl (C=O) groups excluding carboxylic acids is 2. The maximum atomic E-state index is 12.6. The molecule has 0 aliphatic carbocycles. The lowest BCUT2D eigenvalue weighted by Crippen LogP contribution is -2.63. The molecule has 2 rings (SSSR count). The van der Waals surface area contributed by atoms with Crippen LogP contribution in [0.25, 0.3) is 0 Å². The van der Waals surface area contributed by atoms with Crippen LogP contribution < -0.4 is 11.1 Å². The summed E-state index contributed by atoms with van der Waals surface area (Å²) >= 11 is 3.35. The van der Waals surface area contributed by atoms with E-state index in [2.05, 4.69) is 21.2 Å². The predicted molar refractivity (Wildman–Crippen MR) is 76.7 cm³/mol. The largest absolute Gasteiger partial charge is 0.399 e. The Morgan fingerprint density at radius 3 is 2.84 bits per heavy atom. The van der Waals surface area contributed by atoms with E-state index in [0.29, 0.717) is 28.8 Å². The maximum absolute atomic E-state index is 12.6. The third-order valence-corrected chi connectivity index (χ3v) is 4.01. The molecule has 102 valence electrons. The predicted octanol–water partition coefficient (Wildman–Crippen LogP) is 1.38. The SMILES string of the molecule is CC1(C)C(=O)NCCN1C(=O)c1cc(N)ccc1Br. The molecule has 0 aromatic heterocycles. The first-order chi connectivity index (χ1) is 8.84. The summed E-state index contributed by atoms with van der Waals surface area (Å²) in [5, 5.41) is 2.77. The van der Waals surface area contributed by atoms with Crippen LogP contribution in [0.15, 0.2) is 22.7 Å². The van der Waals surface area contributed by atoms with Gasteiger partial charge in [-0.05, 0) is 48.0 Å². The Balaban J connectivity index is 2.38. The van der Waals surface area contributed by atoms with Crippen molar-refractivity contribution in [2.75, 3.05) is 18.8 Å². The first-order valence-electron chi connectivity index (χ1n) is 5.99. The summed E-state index contributed by atoms with van der Waals surface area (Å²) in [6, 6.07) is 5.07. The highest BCUT2D eigenvalue weighted by atomic mass is 79.9. The van der Waals surface area contributed by atoms with Crippen LogP contribution in [0.1, 0.15) is 24.2 Å². The molecule has 0 radical (unpaired) electrons. The van der Waals surface area contributed by atoms with Gasteiger partial charge in [-0.25, -0.2) is 0 Å². The Hall–Kier alpha value is -1.56. The van der Waals surface area contributed by atoms with Crippen molar-refractivity contribution in [1.82, 2.24) is 10.2 Å². The summed E-state index contributed by atoms with van der Waals surface area (Å²) in [7, 11) is 0. The lowest BCUT2D eigenvalue weighted by molar-refractivity contribution is -0.133. The number of nitrogens with two attached hydrogens (primary N) is 1. The van der Waals surface area contributed by atoms with E-state index in [0.717, 1.165) is 0 Å². The van der Waals surface area contributed by atoms with Crippen LogP contribution in [0, 0.1) is 0 Å². The Kier molecular flexibility index (Phi) is 3.54. The summed E-state index contributed by atoms with van der Waals surface area (Å²) in [5.74, 6) is -0.342. The molecule has 0 spiro atoms. The molecule has 3 N–H and O–H groups in total. The Morgan fingerprint density at radius 2 is 2.16 bits per heavy atom. The van der Waals surface area contributed by atoms with E-state index in [1.54, 1.807) is 36.9 Å². The minimum Gasteiger partial charge on any atom is -0.399 e. The molecule has 0 saturated carbocycles. The van der Waals surface area contributed by atoms with Crippen molar-refractivity contribution in [2.45, 2.75) is 19.4 Å². The van der Waals surface area contributed by atoms with Crippen molar-refractivity contribution >= 4 is 33.4 Å². The van der Waals surface area contributed by atoms with Crippen LogP contribution in [0.4, 0.5) is 5.69 Å². The van der Waals surface area contributed by atoms with Crippen molar-refractivity contribution in [3.8, 4) is 0 Å². The lowest BCUT2D eigenvalue weighted by atomic mass is 9.97. The van der Waals surface area contributed by atoms with Crippen LogP contribution in [0.5, 0.6) is 0 Å². The second kappa shape index (κ2) is 4.85. The summed E-state index contributed by atoms with van der Waals surface area (Å²) in [6.45, 7) is 4.42. The molecule has 0 bridgehead atoms. The van der Waals surface area contributed by atoms with Crippen molar-refractivity contribution < 1.29 is 9.59 Å². The number of anilines is 1. The zero-order valence-electron chi connectivity index (χ0n) is 10.9. The lowest BCUT2D eigenvalue weighted by Gasteiger charge is -2.41. The number of nitrogen functional groups attached to an aromatic ring is 1. The van der Waals surface area contributed by atoms with Crippen molar-refractivity contribution in [2.24, 2.45) is 0 Å². The molecule has 6 heteroatoms. The van der Waals surface area contributed by atoms with Gasteiger partial charge in [0.1, 0.15) is 5.54 Å². The molecule has 1 aliphatic heterocycles. The molecular formula is C13H16BrN3O2. The molecule has 2 amide bonds. The van der Waals surface area contributed by atoms with Gasteiger partial charge in [-0.3, -0.25) is 9.59 Å². The molecular weight excluding hydrogens is 310 g/mol. The van der Waals surface area contributed by atoms with E-state index < -0.39 is 5.54 Å². The fourth-order valence-corrected chi connectivity index (χ4v) is 2.52. The number of nitrogens with one attached hydrogen (secondary N) is 1. The first kappa shape index (κ1) is 13.9. The minimum atomic E-state index is -0.862. The zero-order chi connectivity index (χ0) is 14.2. The molecule has 1 aliphatic rings. The van der Waals surface area contributed by atoms with Gasteiger partial charge < -0.3 is 16.0 Å². The van der Waals surface area contributed by atoms with Gasteiger partial charge in [0.25, 0.3) is 5.91 Å². The van der Waals surface area contributed by atoms with E-state index in [4.69, 9.17) is 5.73 Å². The van der Waals surface area contributed by atoms with Gasteiger partial charge in [0.15, 0.2) is 0 Å². The number of hydrogen-bond acceptors (Lipinski definition) is 3. The molecule has 1 heterocycles. The zero-order valence-corrected chi connectivity index (χ0v) is 12.5. The maximum Gasteiger partial charge on any atom is 0.256 e. The van der Waals surface area contributed by atoms with Gasteiger partial charge in [-0.15, -0.1) is 0 Å². The van der Waals surface area contributed by atoms with Gasteiger partial charge in [-0.1, -0.05) is 0 Å². The van der Waals surface area contributed by atoms with E-state index in [9.17, 15) is 9.59 Å². The first-order valence-corrected chi connectivity index (χ1v) is 6.78. The number of benzene rings is 1. The van der Waals surface area contributed by atoms with Gasteiger partial charge in [0, 0.05) is 23.2 Å². The number of nitrogens with zero attached hydrogens (tertiary/aromatic N) is 1. The topological polar surface area (TPSA) is 75.4 Å². The quantitative estimate of drug-likeness (QED) is 0.766. The molecule has 1 aromatic carbocycles. The summed E-state index contributed by atoms with van der Waals surface area (Å²) in [4.78, 5) is 26.0. The highest BCUT2D eigenvalue weighted by molar-refractivity contribution is 9.10. The van der Waals surface area contributed by atoms with Gasteiger partial charge in [0.05, 0.1) is 5.56 Å². The van der Waals surface area contributed by atoms with Gasteiger partial charge >= 0.3 is 0 Å². The second-order valence-corrected chi connectivity index (χ2v) is 5.87. The smallest absolute Gasteiger partial charge is 0.256 e. The molecule has 0 unspecified atom stereocenters. The number of amides is 2. The van der Waals surface area contributed by atoms with Gasteiger partial charge in [-0.2, -0.15) is 0 Å². The van der Waals surface area contributed by atoms with Crippen LogP contribution >= 0.6 is 15.9 Å². The molecule has 1 aromatic rings. The molecule has 0 atom stereocenters. The van der Waals surface area contributed by atoms with E-state index in [-0.39, 0.29) is 11.8 Å². The Labute approximate surface area is 120 Å². The highest BCUT2D eigenvalue weighted by Crippen LogP contribution is 2.26. The van der Waals surface area contributed by atoms with Crippen molar-refractivity contribution in [3.05, 3.63) is 28.2 Å². The van der Waals surface area contributed by atoms with E-state index in [1.807, 2.05) is 0 Å². The molecule has 1 saturated heterocycles. The van der Waals surface area contributed by atoms with E-state index >= 15 is 0 Å². The average Bonchev–Trinajstić information content (AvgIpc) is 2.35. The number of hydrogen-bond donors (Lipinski definition) is 2. The molecule has 5 nitrogen and oxygen atoms in total. The average molecular weight is 326 g/mol. The van der Waals surface area contributed by atoms with Crippen molar-refractivity contribution in [3.63, 3.8) is 0 Å². The standard InChI is InChI=1S/C13H16BrN3O2/c1-13(2)12(19)16-5-6-17(13)11(18)9-7-8(15)3-4-10(9)14/h3-4,7H,5-6,15H2,1-2H3,(H,16,19). The second-order valence-electron chi connectivity index (χ2n) is 5.01. The Bertz CT molecular complexity index is 543. The number of rotatable bonds is 1. The minimum absolute atomic E-state index is 0.146. The number of piperazine rings is 1. The van der Waals surface area contributed by atoms with Gasteiger partial charge in [0.2, 0.25) is 5.91 Å². The summed E-state index contributed by atoms with van der Waals surface area (Å²) < 4.78 is 0.675. The Morgan fingerprint density at radius 1 is 1.47 bits per heavy atom. The van der Waals surface area contributed by atoms with Crippen LogP contribution in [-0.4, -0.2) is 35.3 Å². The van der Waals surface area contributed by atoms with Crippen LogP contribution in [0.3, 0.4) is 0 Å². The van der Waals surface area contributed by atoms with E-state index in [1.165, 1.54) is 0 Å². The summed E-state index contributed by atoms with van der Waals surface area (Å²) in [5.41, 5.74) is 5.85. The molecule has 19 heavy (non-hydrogen) atoms. The molecule has 1 fully saturated rings. The highest BCUT2D eigenvalue weighted by Gasteiger charge is 2.41. The number of carbonyl (C=O) groups is 2. The summed E-state index contributed by atoms with van der Waals surface area (Å²) in [6.07, 6.45) is 0. The third kappa shape index (κ3) is 2.45. The fourth-order valence-electron chi connectivity index (χ4n) is 2.11. The fraction of sp³-hybridized carbons (Fsp3) is 0.385. The third-order valence-electron chi connectivity index (χ3n) is 3.32. The normalized spacial score (nSPS) is 18.1.